The van der Waals surface area contributed by atoms with Gasteiger partial charge in [-0.2, -0.15) is 23.4 Å². The molecule has 33 heavy (non-hydrogen) atoms. The Hall–Kier alpha value is -3.32. The molecule has 0 aliphatic heterocycles. The third kappa shape index (κ3) is 5.03. The van der Waals surface area contributed by atoms with Gasteiger partial charge < -0.3 is 4.42 Å². The fourth-order valence-corrected chi connectivity index (χ4v) is 4.77. The van der Waals surface area contributed by atoms with Crippen molar-refractivity contribution in [3.05, 3.63) is 70.2 Å². The Morgan fingerprint density at radius 1 is 1.30 bits per heavy atom. The van der Waals surface area contributed by atoms with Gasteiger partial charge in [-0.3, -0.25) is 10.1 Å². The second-order valence-electron chi connectivity index (χ2n) is 7.68. The number of rotatable bonds is 5. The van der Waals surface area contributed by atoms with Crippen LogP contribution in [-0.4, -0.2) is 21.6 Å². The van der Waals surface area contributed by atoms with Gasteiger partial charge in [0.15, 0.2) is 0 Å². The maximum atomic E-state index is 14.1. The molecule has 1 aliphatic rings. The van der Waals surface area contributed by atoms with Gasteiger partial charge in [0, 0.05) is 5.69 Å². The summed E-state index contributed by atoms with van der Waals surface area (Å²) in [6.07, 6.45) is -2.19. The van der Waals surface area contributed by atoms with Crippen molar-refractivity contribution in [3.8, 4) is 6.07 Å². The summed E-state index contributed by atoms with van der Waals surface area (Å²) in [7, 11) is 0. The van der Waals surface area contributed by atoms with Crippen LogP contribution in [0.15, 0.2) is 46.0 Å². The molecule has 2 aromatic heterocycles. The van der Waals surface area contributed by atoms with Crippen molar-refractivity contribution in [2.24, 2.45) is 0 Å². The van der Waals surface area contributed by atoms with Gasteiger partial charge >= 0.3 is 12.2 Å². The smallest absolute Gasteiger partial charge is 0.418 e. The Morgan fingerprint density at radius 2 is 2.06 bits per heavy atom. The predicted molar refractivity (Wildman–Crippen MR) is 116 cm³/mol. The third-order valence-electron chi connectivity index (χ3n) is 5.40. The van der Waals surface area contributed by atoms with Crippen molar-refractivity contribution in [2.75, 3.05) is 11.1 Å². The summed E-state index contributed by atoms with van der Waals surface area (Å²) >= 11 is 0.791. The number of halogens is 3. The number of amides is 1. The first-order valence-electron chi connectivity index (χ1n) is 10.2. The van der Waals surface area contributed by atoms with E-state index in [4.69, 9.17) is 4.42 Å². The second-order valence-corrected chi connectivity index (χ2v) is 8.65. The molecule has 0 fully saturated rings. The van der Waals surface area contributed by atoms with Gasteiger partial charge in [0.25, 0.3) is 0 Å². The number of nitrogens with one attached hydrogen (secondary N) is 1. The molecule has 0 spiro atoms. The summed E-state index contributed by atoms with van der Waals surface area (Å²) in [5.41, 5.74) is 0.459. The number of alkyl halides is 3. The lowest BCUT2D eigenvalue weighted by atomic mass is 9.79. The van der Waals surface area contributed by atoms with Crippen LogP contribution in [0.1, 0.15) is 46.0 Å². The van der Waals surface area contributed by atoms with E-state index in [2.05, 4.69) is 15.3 Å². The Kier molecular flexibility index (Phi) is 6.42. The first kappa shape index (κ1) is 22.9. The summed E-state index contributed by atoms with van der Waals surface area (Å²) < 4.78 is 47.4. The number of nitriles is 1. The van der Waals surface area contributed by atoms with Gasteiger partial charge in [0.05, 0.1) is 22.6 Å². The van der Waals surface area contributed by atoms with Crippen LogP contribution in [0.4, 0.5) is 19.2 Å². The summed E-state index contributed by atoms with van der Waals surface area (Å²) in [5, 5.41) is 12.0. The molecule has 4 rings (SSSR count). The van der Waals surface area contributed by atoms with Crippen molar-refractivity contribution >= 4 is 23.7 Å². The number of thioether (sulfide) groups is 1. The minimum absolute atomic E-state index is 0.0000545. The molecule has 1 atom stereocenters. The van der Waals surface area contributed by atoms with E-state index in [1.54, 1.807) is 13.0 Å². The quantitative estimate of drug-likeness (QED) is 0.509. The third-order valence-corrected chi connectivity index (χ3v) is 6.38. The van der Waals surface area contributed by atoms with Gasteiger partial charge in [-0.15, -0.1) is 0 Å². The average molecular weight is 472 g/mol. The zero-order valence-electron chi connectivity index (χ0n) is 17.6. The molecule has 170 valence electrons. The van der Waals surface area contributed by atoms with Crippen LogP contribution in [0.2, 0.25) is 0 Å². The molecule has 3 aromatic rings. The normalized spacial score (nSPS) is 15.5. The number of anilines is 1. The highest BCUT2D eigenvalue weighted by molar-refractivity contribution is 8.00. The summed E-state index contributed by atoms with van der Waals surface area (Å²) in [6, 6.07) is 11.1. The molecule has 0 bridgehead atoms. The molecule has 1 N–H and O–H groups in total. The Morgan fingerprint density at radius 3 is 2.70 bits per heavy atom. The summed E-state index contributed by atoms with van der Waals surface area (Å²) in [5.74, 6) is -0.851. The fraction of sp³-hybridized carbons (Fsp3) is 0.304. The Labute approximate surface area is 192 Å². The number of aryl methyl sites for hydroxylation is 2. The van der Waals surface area contributed by atoms with Gasteiger partial charge in [0.1, 0.15) is 17.4 Å². The number of carbonyl (C=O) groups excluding carboxylic acids is 1. The summed E-state index contributed by atoms with van der Waals surface area (Å²) in [4.78, 5) is 20.5. The lowest BCUT2D eigenvalue weighted by molar-refractivity contribution is -0.138. The summed E-state index contributed by atoms with van der Waals surface area (Å²) in [6.45, 7) is 1.69. The van der Waals surface area contributed by atoms with Crippen LogP contribution in [0.5, 0.6) is 0 Å². The monoisotopic (exact) mass is 472 g/mol. The molecule has 1 unspecified atom stereocenters. The molecule has 6 nitrogen and oxygen atoms in total. The second kappa shape index (κ2) is 9.27. The van der Waals surface area contributed by atoms with Crippen molar-refractivity contribution in [1.29, 1.82) is 5.26 Å². The van der Waals surface area contributed by atoms with Crippen LogP contribution in [0.25, 0.3) is 0 Å². The van der Waals surface area contributed by atoms with Crippen LogP contribution >= 0.6 is 11.8 Å². The number of carbonyl (C=O) groups is 1. The highest BCUT2D eigenvalue weighted by Gasteiger charge is 2.41. The lowest BCUT2D eigenvalue weighted by Gasteiger charge is -2.28. The number of hydrogen-bond acceptors (Lipinski definition) is 6. The topological polar surface area (TPSA) is 91.8 Å². The van der Waals surface area contributed by atoms with E-state index in [0.29, 0.717) is 24.2 Å². The molecule has 1 amide bonds. The molecule has 0 saturated heterocycles. The maximum absolute atomic E-state index is 14.1. The van der Waals surface area contributed by atoms with E-state index in [1.165, 1.54) is 6.26 Å². The van der Waals surface area contributed by atoms with Gasteiger partial charge in [-0.25, -0.2) is 4.98 Å². The van der Waals surface area contributed by atoms with Crippen molar-refractivity contribution in [1.82, 2.24) is 9.97 Å². The van der Waals surface area contributed by atoms with Gasteiger partial charge in [0.2, 0.25) is 5.91 Å². The molecule has 10 heteroatoms. The van der Waals surface area contributed by atoms with E-state index < -0.39 is 23.2 Å². The Balaban J connectivity index is 1.63. The number of nitrogens with zero attached hydrogens (tertiary/aromatic N) is 3. The number of fused-ring (bicyclic) bond motifs is 1. The molecular formula is C23H19F3N4O2S. The minimum Gasteiger partial charge on any atom is -0.432 e. The maximum Gasteiger partial charge on any atom is 0.418 e. The number of aromatic nitrogens is 2. The molecule has 0 radical (unpaired) electrons. The number of benzene rings is 1. The molecule has 1 aliphatic carbocycles. The molecule has 2 heterocycles. The fourth-order valence-electron chi connectivity index (χ4n) is 3.97. The predicted octanol–water partition coefficient (Wildman–Crippen LogP) is 5.27. The van der Waals surface area contributed by atoms with E-state index in [0.717, 1.165) is 17.3 Å². The largest absolute Gasteiger partial charge is 0.432 e. The van der Waals surface area contributed by atoms with Crippen LogP contribution in [-0.2, 0) is 23.8 Å². The van der Waals surface area contributed by atoms with E-state index in [9.17, 15) is 23.2 Å². The van der Waals surface area contributed by atoms with Crippen molar-refractivity contribution in [3.63, 3.8) is 0 Å². The van der Waals surface area contributed by atoms with E-state index in [-0.39, 0.29) is 34.7 Å². The van der Waals surface area contributed by atoms with Crippen LogP contribution < -0.4 is 5.32 Å². The van der Waals surface area contributed by atoms with E-state index in [1.807, 2.05) is 30.3 Å². The van der Waals surface area contributed by atoms with E-state index >= 15 is 0 Å². The minimum atomic E-state index is -4.72. The highest BCUT2D eigenvalue weighted by atomic mass is 32.2. The zero-order chi connectivity index (χ0) is 23.6. The van der Waals surface area contributed by atoms with Gasteiger partial charge in [-0.1, -0.05) is 42.1 Å². The SMILES string of the molecule is Cc1coc(NC(=O)CSc2nc3c(c(C(F)(F)F)c2C#N)CC(c2ccccc2)CC3)n1. The van der Waals surface area contributed by atoms with Crippen molar-refractivity contribution < 1.29 is 22.4 Å². The standard InChI is InChI=1S/C23H19F3N4O2S/c1-13-11-32-22(28-13)30-19(31)12-33-21-17(10-27)20(23(24,25)26)16-9-15(7-8-18(16)29-21)14-5-3-2-4-6-14/h2-6,11,15H,7-9,12H2,1H3,(H,28,30,31). The van der Waals surface area contributed by atoms with Crippen LogP contribution in [0.3, 0.4) is 0 Å². The molecule has 1 aromatic carbocycles. The lowest BCUT2D eigenvalue weighted by Crippen LogP contribution is -2.23. The number of pyridine rings is 1. The number of oxazole rings is 1. The van der Waals surface area contributed by atoms with Crippen LogP contribution in [0, 0.1) is 18.3 Å². The zero-order valence-corrected chi connectivity index (χ0v) is 18.4. The number of hydrogen-bond donors (Lipinski definition) is 1. The Bertz CT molecular complexity index is 1220. The van der Waals surface area contributed by atoms with Crippen molar-refractivity contribution in [2.45, 2.75) is 43.3 Å². The highest BCUT2D eigenvalue weighted by Crippen LogP contribution is 2.43. The van der Waals surface area contributed by atoms with Gasteiger partial charge in [-0.05, 0) is 43.2 Å². The first-order chi connectivity index (χ1) is 15.8. The average Bonchev–Trinajstić information content (AvgIpc) is 3.20. The molecular weight excluding hydrogens is 453 g/mol. The molecule has 0 saturated carbocycles. The first-order valence-corrected chi connectivity index (χ1v) is 11.2.